The van der Waals surface area contributed by atoms with Gasteiger partial charge in [-0.2, -0.15) is 0 Å². The summed E-state index contributed by atoms with van der Waals surface area (Å²) in [4.78, 5) is 26.4. The molecule has 2 N–H and O–H groups in total. The Balaban J connectivity index is 2.08. The van der Waals surface area contributed by atoms with E-state index in [1.54, 1.807) is 6.92 Å². The van der Waals surface area contributed by atoms with Crippen LogP contribution < -0.4 is 10.7 Å². The van der Waals surface area contributed by atoms with Crippen molar-refractivity contribution in [2.24, 2.45) is 0 Å². The summed E-state index contributed by atoms with van der Waals surface area (Å²) in [6, 6.07) is 2.84. The molecule has 0 aliphatic heterocycles. The van der Waals surface area contributed by atoms with Crippen LogP contribution >= 0.6 is 0 Å². The minimum Gasteiger partial charge on any atom is -0.354 e. The maximum Gasteiger partial charge on any atom is 0.268 e. The largest absolute Gasteiger partial charge is 0.354 e. The van der Waals surface area contributed by atoms with Gasteiger partial charge in [-0.3, -0.25) is 9.59 Å². The number of nitrogens with one attached hydrogen (secondary N) is 2. The summed E-state index contributed by atoms with van der Waals surface area (Å²) < 4.78 is 0. The molecule has 0 radical (unpaired) electrons. The van der Waals surface area contributed by atoms with Crippen LogP contribution in [0.4, 0.5) is 0 Å². The Hall–Kier alpha value is -1.84. The van der Waals surface area contributed by atoms with Crippen LogP contribution in [-0.2, 0) is 0 Å². The molecule has 0 saturated heterocycles. The van der Waals surface area contributed by atoms with Crippen molar-refractivity contribution in [1.82, 2.24) is 10.3 Å². The van der Waals surface area contributed by atoms with Crippen LogP contribution in [0.25, 0.3) is 0 Å². The summed E-state index contributed by atoms with van der Waals surface area (Å²) in [6.45, 7) is 3.76. The highest BCUT2D eigenvalue weighted by Gasteiger charge is 2.15. The number of aromatic amines is 1. The van der Waals surface area contributed by atoms with Crippen molar-refractivity contribution >= 4 is 5.91 Å². The first kappa shape index (κ1) is 13.6. The third-order valence-corrected chi connectivity index (χ3v) is 3.45. The zero-order chi connectivity index (χ0) is 13.8. The lowest BCUT2D eigenvalue weighted by Gasteiger charge is -2.20. The van der Waals surface area contributed by atoms with Crippen molar-refractivity contribution in [2.75, 3.05) is 0 Å². The van der Waals surface area contributed by atoms with Gasteiger partial charge in [0.1, 0.15) is 5.69 Å². The number of carbonyl (C=O) groups is 1. The molecule has 1 heterocycles. The lowest BCUT2D eigenvalue weighted by Crippen LogP contribution is -2.35. The second kappa shape index (κ2) is 5.87. The molecule has 0 unspecified atom stereocenters. The Morgan fingerprint density at radius 3 is 2.79 bits per heavy atom. The van der Waals surface area contributed by atoms with Gasteiger partial charge in [0.25, 0.3) is 5.91 Å². The van der Waals surface area contributed by atoms with Crippen LogP contribution in [0.3, 0.4) is 0 Å². The molecule has 2 rings (SSSR count). The summed E-state index contributed by atoms with van der Waals surface area (Å²) >= 11 is 0. The molecule has 19 heavy (non-hydrogen) atoms. The minimum absolute atomic E-state index is 0.0248. The van der Waals surface area contributed by atoms with Gasteiger partial charge in [0.15, 0.2) is 5.43 Å². The lowest BCUT2D eigenvalue weighted by atomic mass is 9.95. The van der Waals surface area contributed by atoms with Gasteiger partial charge in [-0.05, 0) is 39.5 Å². The molecule has 4 nitrogen and oxygen atoms in total. The molecule has 0 aromatic carbocycles. The van der Waals surface area contributed by atoms with Gasteiger partial charge < -0.3 is 10.3 Å². The molecule has 1 amide bonds. The van der Waals surface area contributed by atoms with Gasteiger partial charge in [-0.15, -0.1) is 0 Å². The van der Waals surface area contributed by atoms with Crippen LogP contribution in [0.5, 0.6) is 0 Å². The van der Waals surface area contributed by atoms with Gasteiger partial charge in [0, 0.05) is 23.9 Å². The Morgan fingerprint density at radius 2 is 2.16 bits per heavy atom. The first-order valence-corrected chi connectivity index (χ1v) is 6.77. The van der Waals surface area contributed by atoms with Gasteiger partial charge in [-0.25, -0.2) is 0 Å². The highest BCUT2D eigenvalue weighted by Crippen LogP contribution is 2.20. The molecule has 1 aromatic heterocycles. The molecule has 1 aliphatic carbocycles. The summed E-state index contributed by atoms with van der Waals surface area (Å²) in [5, 5.41) is 2.94. The van der Waals surface area contributed by atoms with E-state index in [0.29, 0.717) is 11.4 Å². The molecule has 1 aliphatic rings. The van der Waals surface area contributed by atoms with Crippen LogP contribution in [0.1, 0.15) is 48.8 Å². The van der Waals surface area contributed by atoms with Crippen LogP contribution in [0.2, 0.25) is 0 Å². The average Bonchev–Trinajstić information content (AvgIpc) is 2.38. The minimum atomic E-state index is -0.222. The lowest BCUT2D eigenvalue weighted by molar-refractivity contribution is 0.0939. The number of pyridine rings is 1. The van der Waals surface area contributed by atoms with Crippen LogP contribution in [0, 0.1) is 6.92 Å². The number of allylic oxidation sites excluding steroid dienone is 1. The van der Waals surface area contributed by atoms with E-state index in [-0.39, 0.29) is 17.4 Å². The summed E-state index contributed by atoms with van der Waals surface area (Å²) in [7, 11) is 0. The van der Waals surface area contributed by atoms with Crippen molar-refractivity contribution in [2.45, 2.75) is 45.6 Å². The number of aromatic nitrogens is 1. The smallest absolute Gasteiger partial charge is 0.268 e. The Labute approximate surface area is 112 Å². The molecule has 102 valence electrons. The molecule has 0 saturated carbocycles. The quantitative estimate of drug-likeness (QED) is 0.819. The zero-order valence-electron chi connectivity index (χ0n) is 11.5. The molecular weight excluding hydrogens is 240 g/mol. The summed E-state index contributed by atoms with van der Waals surface area (Å²) in [5.74, 6) is -0.222. The predicted molar refractivity (Wildman–Crippen MR) is 75.3 cm³/mol. The van der Waals surface area contributed by atoms with E-state index in [4.69, 9.17) is 0 Å². The monoisotopic (exact) mass is 260 g/mol. The zero-order valence-corrected chi connectivity index (χ0v) is 11.5. The van der Waals surface area contributed by atoms with Crippen molar-refractivity contribution in [3.05, 3.63) is 45.4 Å². The normalized spacial score (nSPS) is 16.6. The summed E-state index contributed by atoms with van der Waals surface area (Å²) in [6.07, 6.45) is 6.78. The van der Waals surface area contributed by atoms with Gasteiger partial charge in [0.05, 0.1) is 0 Å². The predicted octanol–water partition coefficient (Wildman–Crippen LogP) is 2.30. The highest BCUT2D eigenvalue weighted by atomic mass is 16.2. The third-order valence-electron chi connectivity index (χ3n) is 3.45. The van der Waals surface area contributed by atoms with E-state index in [1.807, 2.05) is 6.92 Å². The van der Waals surface area contributed by atoms with Crippen molar-refractivity contribution in [1.29, 1.82) is 0 Å². The van der Waals surface area contributed by atoms with Crippen LogP contribution in [0.15, 0.2) is 28.6 Å². The topological polar surface area (TPSA) is 62.0 Å². The fourth-order valence-electron chi connectivity index (χ4n) is 2.43. The van der Waals surface area contributed by atoms with Crippen molar-refractivity contribution in [3.8, 4) is 0 Å². The van der Waals surface area contributed by atoms with Crippen LogP contribution in [-0.4, -0.2) is 16.9 Å². The number of carbonyl (C=O) groups excluding carboxylic acids is 1. The van der Waals surface area contributed by atoms with E-state index in [0.717, 1.165) is 12.8 Å². The molecule has 4 heteroatoms. The second-order valence-corrected chi connectivity index (χ2v) is 5.13. The fourth-order valence-corrected chi connectivity index (χ4v) is 2.43. The SMILES string of the molecule is Cc1cc(=O)cc(C(=O)N[C@H](C)C2=CCCCC2)[nH]1. The maximum absolute atomic E-state index is 12.1. The van der Waals surface area contributed by atoms with Gasteiger partial charge in [0.2, 0.25) is 0 Å². The van der Waals surface area contributed by atoms with Gasteiger partial charge >= 0.3 is 0 Å². The molecule has 0 spiro atoms. The fraction of sp³-hybridized carbons (Fsp3) is 0.467. The standard InChI is InChI=1S/C15H20N2O2/c1-10-8-13(18)9-14(16-10)15(19)17-11(2)12-6-4-3-5-7-12/h6,8-9,11H,3-5,7H2,1-2H3,(H,16,18)(H,17,19)/t11-/m1/s1. The second-order valence-electron chi connectivity index (χ2n) is 5.13. The first-order valence-electron chi connectivity index (χ1n) is 6.77. The van der Waals surface area contributed by atoms with Gasteiger partial charge in [-0.1, -0.05) is 11.6 Å². The Bertz CT molecular complexity index is 558. The molecular formula is C15H20N2O2. The van der Waals surface area contributed by atoms with Crippen molar-refractivity contribution < 1.29 is 4.79 Å². The Morgan fingerprint density at radius 1 is 1.37 bits per heavy atom. The number of hydrogen-bond acceptors (Lipinski definition) is 2. The van der Waals surface area contributed by atoms with E-state index < -0.39 is 0 Å². The average molecular weight is 260 g/mol. The molecule has 1 aromatic rings. The number of H-pyrrole nitrogens is 1. The number of amides is 1. The number of rotatable bonds is 3. The Kier molecular flexibility index (Phi) is 4.20. The highest BCUT2D eigenvalue weighted by molar-refractivity contribution is 5.92. The summed E-state index contributed by atoms with van der Waals surface area (Å²) in [5.41, 5.74) is 2.16. The molecule has 0 fully saturated rings. The number of hydrogen-bond donors (Lipinski definition) is 2. The maximum atomic E-state index is 12.1. The van der Waals surface area contributed by atoms with E-state index in [1.165, 1.54) is 30.5 Å². The van der Waals surface area contributed by atoms with E-state index in [2.05, 4.69) is 16.4 Å². The first-order chi connectivity index (χ1) is 9.06. The van der Waals surface area contributed by atoms with Crippen molar-refractivity contribution in [3.63, 3.8) is 0 Å². The molecule has 1 atom stereocenters. The van der Waals surface area contributed by atoms with E-state index >= 15 is 0 Å². The third kappa shape index (κ3) is 3.56. The number of aryl methyl sites for hydroxylation is 1. The molecule has 0 bridgehead atoms. The van der Waals surface area contributed by atoms with E-state index in [9.17, 15) is 9.59 Å².